The minimum Gasteiger partial charge on any atom is -0.283 e. The van der Waals surface area contributed by atoms with Gasteiger partial charge in [-0.3, -0.25) is 4.90 Å². The van der Waals surface area contributed by atoms with Crippen molar-refractivity contribution in [1.82, 2.24) is 4.90 Å². The number of hydrogen-bond donors (Lipinski definition) is 0. The molecule has 0 aromatic carbocycles. The van der Waals surface area contributed by atoms with E-state index in [4.69, 9.17) is 0 Å². The van der Waals surface area contributed by atoms with Crippen LogP contribution in [0.2, 0.25) is 0 Å². The van der Waals surface area contributed by atoms with Crippen LogP contribution in [0.15, 0.2) is 0 Å². The minimum absolute atomic E-state index is 0.597. The van der Waals surface area contributed by atoms with Gasteiger partial charge in [0.05, 0.1) is 0 Å². The minimum atomic E-state index is 0.597. The molecule has 0 amide bonds. The highest BCUT2D eigenvalue weighted by Crippen LogP contribution is 1.70. The van der Waals surface area contributed by atoms with Crippen molar-refractivity contribution in [3.63, 3.8) is 0 Å². The van der Waals surface area contributed by atoms with Crippen molar-refractivity contribution in [1.29, 1.82) is 0 Å². The van der Waals surface area contributed by atoms with Crippen molar-refractivity contribution in [3.05, 3.63) is 7.11 Å². The molecule has 0 aromatic heterocycles. The molecule has 0 saturated heterocycles. The molecule has 0 fully saturated rings. The summed E-state index contributed by atoms with van der Waals surface area (Å²) in [7, 11) is 7.03. The van der Waals surface area contributed by atoms with Crippen LogP contribution in [0, 0.1) is 7.11 Å². The normalized spacial score (nSPS) is 9.83. The van der Waals surface area contributed by atoms with Crippen LogP contribution in [0.1, 0.15) is 0 Å². The lowest BCUT2D eigenvalue weighted by Crippen LogP contribution is -2.13. The largest absolute Gasteiger partial charge is 0.283 e. The van der Waals surface area contributed by atoms with E-state index in [0.717, 1.165) is 0 Å². The zero-order chi connectivity index (χ0) is 4.99. The Morgan fingerprint density at radius 1 is 1.67 bits per heavy atom. The van der Waals surface area contributed by atoms with E-state index in [1.807, 2.05) is 19.0 Å². The van der Waals surface area contributed by atoms with Gasteiger partial charge in [-0.25, -0.2) is 0 Å². The molecule has 0 bridgehead atoms. The first kappa shape index (κ1) is 5.79. The number of nitrogens with zero attached hydrogens (tertiary/aromatic N) is 1. The Morgan fingerprint density at radius 2 is 2.17 bits per heavy atom. The summed E-state index contributed by atoms with van der Waals surface area (Å²) < 4.78 is 4.48. The summed E-state index contributed by atoms with van der Waals surface area (Å²) in [6.45, 7) is 0.597. The zero-order valence-electron chi connectivity index (χ0n) is 4.27. The van der Waals surface area contributed by atoms with Crippen molar-refractivity contribution in [2.45, 2.75) is 0 Å². The van der Waals surface area contributed by atoms with Gasteiger partial charge in [-0.2, -0.15) is 4.74 Å². The molecule has 0 aliphatic carbocycles. The Balaban J connectivity index is 2.63. The topological polar surface area (TPSA) is 12.5 Å². The second-order valence-electron chi connectivity index (χ2n) is 1.41. The van der Waals surface area contributed by atoms with Crippen LogP contribution in [-0.2, 0) is 4.74 Å². The fraction of sp³-hybridized carbons (Fsp3) is 0.750. The molecule has 2 nitrogen and oxygen atoms in total. The summed E-state index contributed by atoms with van der Waals surface area (Å²) >= 11 is 0. The second-order valence-corrected chi connectivity index (χ2v) is 1.41. The molecule has 0 heterocycles. The maximum Gasteiger partial charge on any atom is 0.215 e. The van der Waals surface area contributed by atoms with Gasteiger partial charge in [0, 0.05) is 0 Å². The molecule has 0 radical (unpaired) electrons. The first-order valence-corrected chi connectivity index (χ1v) is 1.79. The number of ether oxygens (including phenoxy) is 1. The molecule has 0 saturated carbocycles. The highest BCUT2D eigenvalue weighted by molar-refractivity contribution is 4.22. The SMILES string of the molecule is [CH2+]OCN(C)C. The maximum atomic E-state index is 4.48. The second kappa shape index (κ2) is 3.00. The van der Waals surface area contributed by atoms with Crippen LogP contribution in [-0.4, -0.2) is 25.7 Å². The average molecular weight is 88.1 g/mol. The van der Waals surface area contributed by atoms with E-state index >= 15 is 0 Å². The monoisotopic (exact) mass is 88.1 g/mol. The molecule has 0 N–H and O–H groups in total. The summed E-state index contributed by atoms with van der Waals surface area (Å²) in [5, 5.41) is 0. The molecular weight excluding hydrogens is 78.0 g/mol. The Labute approximate surface area is 38.7 Å². The molecule has 0 rings (SSSR count). The van der Waals surface area contributed by atoms with Crippen LogP contribution in [0.5, 0.6) is 0 Å². The van der Waals surface area contributed by atoms with Crippen molar-refractivity contribution >= 4 is 0 Å². The third kappa shape index (κ3) is 3.79. The molecule has 0 atom stereocenters. The molecule has 36 valence electrons. The average Bonchev–Trinajstić information content (AvgIpc) is 1.35. The third-order valence-corrected chi connectivity index (χ3v) is 0.349. The van der Waals surface area contributed by atoms with Gasteiger partial charge in [0.2, 0.25) is 7.11 Å². The predicted octanol–water partition coefficient (Wildman–Crippen LogP) is 0.314. The van der Waals surface area contributed by atoms with Gasteiger partial charge in [0.25, 0.3) is 0 Å². The Hall–Kier alpha value is -0.210. The van der Waals surface area contributed by atoms with Gasteiger partial charge in [-0.1, -0.05) is 0 Å². The molecule has 0 unspecified atom stereocenters. The van der Waals surface area contributed by atoms with Gasteiger partial charge >= 0.3 is 0 Å². The Kier molecular flexibility index (Phi) is 2.89. The van der Waals surface area contributed by atoms with Crippen molar-refractivity contribution < 1.29 is 4.74 Å². The van der Waals surface area contributed by atoms with E-state index in [2.05, 4.69) is 11.8 Å². The van der Waals surface area contributed by atoms with Crippen molar-refractivity contribution in [2.75, 3.05) is 20.8 Å². The van der Waals surface area contributed by atoms with Crippen LogP contribution in [0.25, 0.3) is 0 Å². The molecule has 6 heavy (non-hydrogen) atoms. The van der Waals surface area contributed by atoms with E-state index in [1.165, 1.54) is 0 Å². The van der Waals surface area contributed by atoms with Gasteiger partial charge in [-0.05, 0) is 14.1 Å². The molecule has 0 spiro atoms. The molecule has 0 aromatic rings. The first-order chi connectivity index (χ1) is 2.77. The van der Waals surface area contributed by atoms with Crippen molar-refractivity contribution in [3.8, 4) is 0 Å². The van der Waals surface area contributed by atoms with Gasteiger partial charge in [0.15, 0.2) is 6.73 Å². The highest BCUT2D eigenvalue weighted by Gasteiger charge is 1.84. The number of hydrogen-bond acceptors (Lipinski definition) is 2. The van der Waals surface area contributed by atoms with E-state index in [1.54, 1.807) is 0 Å². The lowest BCUT2D eigenvalue weighted by Gasteiger charge is -2.00. The number of rotatable bonds is 2. The molecule has 0 aliphatic heterocycles. The predicted molar refractivity (Wildman–Crippen MR) is 25.0 cm³/mol. The van der Waals surface area contributed by atoms with Gasteiger partial charge in [0.1, 0.15) is 0 Å². The lowest BCUT2D eigenvalue weighted by atomic mass is 10.9. The van der Waals surface area contributed by atoms with E-state index in [-0.39, 0.29) is 0 Å². The maximum absolute atomic E-state index is 4.48. The quantitative estimate of drug-likeness (QED) is 0.356. The van der Waals surface area contributed by atoms with Crippen LogP contribution in [0.3, 0.4) is 0 Å². The summed E-state index contributed by atoms with van der Waals surface area (Å²) in [4.78, 5) is 1.90. The summed E-state index contributed by atoms with van der Waals surface area (Å²) in [6.07, 6.45) is 0. The van der Waals surface area contributed by atoms with Crippen molar-refractivity contribution in [2.24, 2.45) is 0 Å². The van der Waals surface area contributed by atoms with E-state index < -0.39 is 0 Å². The molecule has 2 heteroatoms. The van der Waals surface area contributed by atoms with Gasteiger partial charge in [-0.15, -0.1) is 0 Å². The zero-order valence-corrected chi connectivity index (χ0v) is 4.27. The van der Waals surface area contributed by atoms with E-state index in [9.17, 15) is 0 Å². The molecule has 0 aliphatic rings. The fourth-order valence-corrected chi connectivity index (χ4v) is 0.183. The Morgan fingerprint density at radius 3 is 2.17 bits per heavy atom. The summed E-state index contributed by atoms with van der Waals surface area (Å²) in [5.41, 5.74) is 0. The Bertz CT molecular complexity index is 28.7. The lowest BCUT2D eigenvalue weighted by molar-refractivity contribution is 0.128. The van der Waals surface area contributed by atoms with Gasteiger partial charge < -0.3 is 0 Å². The summed E-state index contributed by atoms with van der Waals surface area (Å²) in [5.74, 6) is 0. The molecular formula is C4H10NO+. The van der Waals surface area contributed by atoms with E-state index in [0.29, 0.717) is 6.73 Å². The standard InChI is InChI=1S/C4H10NO/c1-5(2)4-6-3/h3-4H2,1-2H3/q+1. The van der Waals surface area contributed by atoms with Crippen LogP contribution < -0.4 is 0 Å². The fourth-order valence-electron chi connectivity index (χ4n) is 0.183. The van der Waals surface area contributed by atoms with Crippen LogP contribution >= 0.6 is 0 Å². The highest BCUT2D eigenvalue weighted by atomic mass is 16.5. The summed E-state index contributed by atoms with van der Waals surface area (Å²) in [6, 6.07) is 0. The van der Waals surface area contributed by atoms with Crippen LogP contribution in [0.4, 0.5) is 0 Å². The third-order valence-electron chi connectivity index (χ3n) is 0.349. The smallest absolute Gasteiger partial charge is 0.215 e. The first-order valence-electron chi connectivity index (χ1n) is 1.79.